The minimum Gasteiger partial charge on any atom is -0.504 e. The van der Waals surface area contributed by atoms with E-state index >= 15 is 0 Å². The van der Waals surface area contributed by atoms with E-state index in [0.717, 1.165) is 29.8 Å². The van der Waals surface area contributed by atoms with Crippen LogP contribution in [0.3, 0.4) is 0 Å². The number of piperidine rings is 1. The third-order valence-corrected chi connectivity index (χ3v) is 4.30. The molecule has 5 nitrogen and oxygen atoms in total. The molecule has 8 heteroatoms. The second-order valence-electron chi connectivity index (χ2n) is 6.32. The highest BCUT2D eigenvalue weighted by molar-refractivity contribution is 5.95. The van der Waals surface area contributed by atoms with Gasteiger partial charge in [-0.1, -0.05) is 19.1 Å². The molecule has 0 radical (unpaired) electrons. The van der Waals surface area contributed by atoms with Crippen molar-refractivity contribution >= 4 is 5.91 Å². The number of alkyl halides is 3. The number of hydrogen-bond donors (Lipinski definition) is 1. The second-order valence-corrected chi connectivity index (χ2v) is 6.32. The van der Waals surface area contributed by atoms with Crippen molar-refractivity contribution in [3.63, 3.8) is 0 Å². The number of likely N-dealkylation sites (tertiary alicyclic amines) is 1. The summed E-state index contributed by atoms with van der Waals surface area (Å²) >= 11 is 0. The molecular formula is C17H18F3N3O2. The summed E-state index contributed by atoms with van der Waals surface area (Å²) in [6, 6.07) is 4.89. The van der Waals surface area contributed by atoms with Crippen LogP contribution in [0, 0.1) is 5.92 Å². The first-order chi connectivity index (χ1) is 11.8. The Morgan fingerprint density at radius 2 is 2.04 bits per heavy atom. The summed E-state index contributed by atoms with van der Waals surface area (Å²) in [6.07, 6.45) is -1.66. The third-order valence-electron chi connectivity index (χ3n) is 4.30. The maximum atomic E-state index is 13.2. The number of hydrogen-bond acceptors (Lipinski definition) is 3. The number of rotatable bonds is 2. The lowest BCUT2D eigenvalue weighted by Gasteiger charge is -2.30. The topological polar surface area (TPSA) is 58.4 Å². The highest BCUT2D eigenvalue weighted by Gasteiger charge is 2.34. The number of amides is 1. The molecule has 1 aromatic heterocycles. The summed E-state index contributed by atoms with van der Waals surface area (Å²) < 4.78 is 40.4. The van der Waals surface area contributed by atoms with Crippen molar-refractivity contribution in [1.29, 1.82) is 0 Å². The Labute approximate surface area is 142 Å². The monoisotopic (exact) mass is 353 g/mol. The number of nitrogens with zero attached hydrogens (tertiary/aromatic N) is 3. The molecule has 0 bridgehead atoms. The fourth-order valence-corrected chi connectivity index (χ4v) is 3.08. The quantitative estimate of drug-likeness (QED) is 0.899. The van der Waals surface area contributed by atoms with Crippen molar-refractivity contribution in [1.82, 2.24) is 14.7 Å². The summed E-state index contributed by atoms with van der Waals surface area (Å²) in [5.74, 6) is -0.555. The van der Waals surface area contributed by atoms with Gasteiger partial charge in [0.15, 0.2) is 11.4 Å². The largest absolute Gasteiger partial charge is 0.504 e. The molecule has 0 spiro atoms. The van der Waals surface area contributed by atoms with E-state index in [0.29, 0.717) is 19.0 Å². The summed E-state index contributed by atoms with van der Waals surface area (Å²) in [7, 11) is 0. The van der Waals surface area contributed by atoms with Crippen molar-refractivity contribution < 1.29 is 23.1 Å². The molecule has 2 aromatic rings. The van der Waals surface area contributed by atoms with Crippen LogP contribution < -0.4 is 0 Å². The van der Waals surface area contributed by atoms with E-state index in [1.807, 2.05) is 6.92 Å². The van der Waals surface area contributed by atoms with Crippen molar-refractivity contribution in [2.75, 3.05) is 13.1 Å². The molecule has 0 saturated carbocycles. The van der Waals surface area contributed by atoms with E-state index in [9.17, 15) is 23.1 Å². The lowest BCUT2D eigenvalue weighted by atomic mass is 10.00. The minimum atomic E-state index is -4.56. The Morgan fingerprint density at radius 1 is 1.32 bits per heavy atom. The molecule has 0 aliphatic carbocycles. The van der Waals surface area contributed by atoms with Gasteiger partial charge in [0, 0.05) is 13.1 Å². The SMILES string of the molecule is CC1CCCN(C(=O)c2nn(-c3ccccc3C(F)(F)F)cc2O)C1. The average molecular weight is 353 g/mol. The molecule has 134 valence electrons. The Balaban J connectivity index is 1.95. The first-order valence-corrected chi connectivity index (χ1v) is 8.02. The fraction of sp³-hybridized carbons (Fsp3) is 0.412. The Morgan fingerprint density at radius 3 is 2.72 bits per heavy atom. The van der Waals surface area contributed by atoms with Crippen LogP contribution in [0.15, 0.2) is 30.5 Å². The first-order valence-electron chi connectivity index (χ1n) is 8.02. The first kappa shape index (κ1) is 17.3. The molecule has 3 rings (SSSR count). The molecule has 1 saturated heterocycles. The number of halogens is 3. The molecule has 1 fully saturated rings. The van der Waals surface area contributed by atoms with Crippen molar-refractivity contribution in [2.45, 2.75) is 25.9 Å². The van der Waals surface area contributed by atoms with Crippen LogP contribution >= 0.6 is 0 Å². The van der Waals surface area contributed by atoms with Gasteiger partial charge >= 0.3 is 6.18 Å². The van der Waals surface area contributed by atoms with E-state index in [-0.39, 0.29) is 11.4 Å². The Kier molecular flexibility index (Phi) is 4.45. The predicted molar refractivity (Wildman–Crippen MR) is 84.5 cm³/mol. The van der Waals surface area contributed by atoms with E-state index in [1.165, 1.54) is 18.2 Å². The van der Waals surface area contributed by atoms with Gasteiger partial charge in [0.1, 0.15) is 0 Å². The summed E-state index contributed by atoms with van der Waals surface area (Å²) in [5.41, 5.74) is -1.36. The second kappa shape index (κ2) is 6.42. The number of carbonyl (C=O) groups excluding carboxylic acids is 1. The van der Waals surface area contributed by atoms with Gasteiger partial charge in [-0.3, -0.25) is 4.79 Å². The van der Waals surface area contributed by atoms with Crippen LogP contribution in [0.1, 0.15) is 35.8 Å². The molecule has 1 atom stereocenters. The van der Waals surface area contributed by atoms with E-state index < -0.39 is 23.4 Å². The van der Waals surface area contributed by atoms with Crippen molar-refractivity contribution in [2.24, 2.45) is 5.92 Å². The van der Waals surface area contributed by atoms with Crippen molar-refractivity contribution in [3.8, 4) is 11.4 Å². The van der Waals surface area contributed by atoms with Gasteiger partial charge in [-0.25, -0.2) is 4.68 Å². The molecule has 1 aliphatic heterocycles. The van der Waals surface area contributed by atoms with Crippen LogP contribution in [-0.2, 0) is 6.18 Å². The van der Waals surface area contributed by atoms with Crippen molar-refractivity contribution in [3.05, 3.63) is 41.7 Å². The van der Waals surface area contributed by atoms with Gasteiger partial charge in [0.2, 0.25) is 0 Å². The maximum Gasteiger partial charge on any atom is 0.418 e. The normalized spacial score (nSPS) is 18.4. The minimum absolute atomic E-state index is 0.230. The molecule has 1 unspecified atom stereocenters. The van der Waals surface area contributed by atoms with Crippen LogP contribution in [0.5, 0.6) is 5.75 Å². The molecular weight excluding hydrogens is 335 g/mol. The van der Waals surface area contributed by atoms with E-state index in [2.05, 4.69) is 5.10 Å². The highest BCUT2D eigenvalue weighted by atomic mass is 19.4. The smallest absolute Gasteiger partial charge is 0.418 e. The number of aromatic hydroxyl groups is 1. The summed E-state index contributed by atoms with van der Waals surface area (Å²) in [6.45, 7) is 3.12. The Hall–Kier alpha value is -2.51. The summed E-state index contributed by atoms with van der Waals surface area (Å²) in [5, 5.41) is 14.0. The summed E-state index contributed by atoms with van der Waals surface area (Å²) in [4.78, 5) is 14.1. The zero-order valence-electron chi connectivity index (χ0n) is 13.6. The Bertz CT molecular complexity index is 786. The fourth-order valence-electron chi connectivity index (χ4n) is 3.08. The van der Waals surface area contributed by atoms with Crippen LogP contribution in [0.4, 0.5) is 13.2 Å². The molecule has 25 heavy (non-hydrogen) atoms. The average Bonchev–Trinajstić information content (AvgIpc) is 2.95. The van der Waals surface area contributed by atoms with Gasteiger partial charge < -0.3 is 10.0 Å². The standard InChI is InChI=1S/C17H18F3N3O2/c1-11-5-4-8-22(9-11)16(25)15-14(24)10-23(21-15)13-7-3-2-6-12(13)17(18,19)20/h2-3,6-7,10-11,24H,4-5,8-9H2,1H3. The number of para-hydroxylation sites is 1. The molecule has 1 aliphatic rings. The van der Waals surface area contributed by atoms with E-state index in [1.54, 1.807) is 4.90 Å². The maximum absolute atomic E-state index is 13.2. The van der Waals surface area contributed by atoms with Crippen LogP contribution in [-0.4, -0.2) is 38.8 Å². The van der Waals surface area contributed by atoms with Gasteiger partial charge in [-0.05, 0) is 30.9 Å². The molecule has 1 N–H and O–H groups in total. The van der Waals surface area contributed by atoms with Crippen LogP contribution in [0.25, 0.3) is 5.69 Å². The van der Waals surface area contributed by atoms with E-state index in [4.69, 9.17) is 0 Å². The van der Waals surface area contributed by atoms with Crippen LogP contribution in [0.2, 0.25) is 0 Å². The molecule has 2 heterocycles. The predicted octanol–water partition coefficient (Wildman–Crippen LogP) is 3.47. The van der Waals surface area contributed by atoms with Gasteiger partial charge in [0.05, 0.1) is 17.4 Å². The highest BCUT2D eigenvalue weighted by Crippen LogP contribution is 2.34. The zero-order valence-corrected chi connectivity index (χ0v) is 13.6. The molecule has 1 aromatic carbocycles. The number of carbonyl (C=O) groups is 1. The lowest BCUT2D eigenvalue weighted by molar-refractivity contribution is -0.137. The van der Waals surface area contributed by atoms with Gasteiger partial charge in [0.25, 0.3) is 5.91 Å². The third kappa shape index (κ3) is 3.47. The lowest BCUT2D eigenvalue weighted by Crippen LogP contribution is -2.39. The van der Waals surface area contributed by atoms with Gasteiger partial charge in [-0.15, -0.1) is 0 Å². The molecule has 1 amide bonds. The number of aromatic nitrogens is 2. The zero-order chi connectivity index (χ0) is 18.2. The number of benzene rings is 1. The van der Waals surface area contributed by atoms with Gasteiger partial charge in [-0.2, -0.15) is 18.3 Å².